The van der Waals surface area contributed by atoms with E-state index in [1.54, 1.807) is 24.5 Å². The van der Waals surface area contributed by atoms with Gasteiger partial charge in [0.2, 0.25) is 5.28 Å². The molecule has 0 spiro atoms. The lowest BCUT2D eigenvalue weighted by Gasteiger charge is -2.21. The van der Waals surface area contributed by atoms with E-state index < -0.39 is 5.82 Å². The summed E-state index contributed by atoms with van der Waals surface area (Å²) < 4.78 is 19.4. The van der Waals surface area contributed by atoms with E-state index in [1.165, 1.54) is 0 Å². The Balaban J connectivity index is 1.12. The molecule has 3 aromatic heterocycles. The number of aromatic nitrogens is 3. The SMILES string of the molecule is O=C(NCCC1C2CN(c3nc(Cl)ncc3F)CC12)c1cc2ccncc2o1. The Morgan fingerprint density at radius 3 is 2.96 bits per heavy atom. The van der Waals surface area contributed by atoms with Gasteiger partial charge in [0.05, 0.1) is 12.4 Å². The molecule has 1 saturated carbocycles. The monoisotopic (exact) mass is 401 g/mol. The molecule has 144 valence electrons. The molecule has 0 aromatic carbocycles. The standard InChI is InChI=1S/C19H17ClFN5O2/c20-19-24-6-14(21)17(25-19)26-8-12-11(13(12)9-26)2-4-23-18(27)15-5-10-1-3-22-7-16(10)28-15/h1,3,5-7,11-13H,2,4,8-9H2,(H,23,27). The molecule has 3 aromatic rings. The van der Waals surface area contributed by atoms with Gasteiger partial charge in [-0.1, -0.05) is 0 Å². The van der Waals surface area contributed by atoms with Crippen LogP contribution in [0.25, 0.3) is 11.0 Å². The molecule has 4 heterocycles. The summed E-state index contributed by atoms with van der Waals surface area (Å²) in [4.78, 5) is 25.8. The van der Waals surface area contributed by atoms with Crippen LogP contribution in [0.5, 0.6) is 0 Å². The van der Waals surface area contributed by atoms with Gasteiger partial charge in [-0.2, -0.15) is 4.98 Å². The molecule has 1 aliphatic heterocycles. The Morgan fingerprint density at radius 1 is 1.36 bits per heavy atom. The molecule has 2 aliphatic rings. The minimum atomic E-state index is -0.449. The van der Waals surface area contributed by atoms with E-state index in [0.717, 1.165) is 31.1 Å². The van der Waals surface area contributed by atoms with Crippen LogP contribution in [0.4, 0.5) is 10.2 Å². The lowest BCUT2D eigenvalue weighted by Crippen LogP contribution is -2.28. The number of nitrogens with one attached hydrogen (secondary N) is 1. The number of piperidine rings is 1. The average Bonchev–Trinajstić information content (AvgIpc) is 3.05. The Labute approximate surface area is 164 Å². The molecule has 1 N–H and O–H groups in total. The van der Waals surface area contributed by atoms with Gasteiger partial charge in [0.1, 0.15) is 0 Å². The number of pyridine rings is 1. The second kappa shape index (κ2) is 6.70. The minimum Gasteiger partial charge on any atom is -0.449 e. The van der Waals surface area contributed by atoms with Crippen molar-refractivity contribution in [3.63, 3.8) is 0 Å². The molecule has 2 unspecified atom stereocenters. The van der Waals surface area contributed by atoms with Crippen LogP contribution in [0.15, 0.2) is 35.1 Å². The van der Waals surface area contributed by atoms with Crippen LogP contribution >= 0.6 is 11.6 Å². The van der Waals surface area contributed by atoms with E-state index in [1.807, 2.05) is 4.90 Å². The molecule has 0 radical (unpaired) electrons. The van der Waals surface area contributed by atoms with Gasteiger partial charge in [-0.25, -0.2) is 9.37 Å². The van der Waals surface area contributed by atoms with Crippen LogP contribution in [0.2, 0.25) is 5.28 Å². The normalized spacial score (nSPS) is 23.1. The first-order valence-electron chi connectivity index (χ1n) is 9.15. The highest BCUT2D eigenvalue weighted by Crippen LogP contribution is 2.54. The zero-order valence-electron chi connectivity index (χ0n) is 14.8. The largest absolute Gasteiger partial charge is 0.449 e. The Hall–Kier alpha value is -2.74. The van der Waals surface area contributed by atoms with E-state index in [-0.39, 0.29) is 17.0 Å². The summed E-state index contributed by atoms with van der Waals surface area (Å²) in [6, 6.07) is 3.53. The molecule has 9 heteroatoms. The van der Waals surface area contributed by atoms with Crippen LogP contribution in [-0.2, 0) is 0 Å². The molecule has 5 rings (SSSR count). The van der Waals surface area contributed by atoms with Crippen LogP contribution < -0.4 is 10.2 Å². The van der Waals surface area contributed by atoms with E-state index in [9.17, 15) is 9.18 Å². The first kappa shape index (κ1) is 17.4. The number of halogens is 2. The van der Waals surface area contributed by atoms with Crippen molar-refractivity contribution in [3.05, 3.63) is 47.6 Å². The summed E-state index contributed by atoms with van der Waals surface area (Å²) in [5.41, 5.74) is 0.599. The van der Waals surface area contributed by atoms with Crippen LogP contribution in [0.3, 0.4) is 0 Å². The number of hydrogen-bond donors (Lipinski definition) is 1. The van der Waals surface area contributed by atoms with E-state index in [0.29, 0.717) is 35.6 Å². The van der Waals surface area contributed by atoms with Crippen molar-refractivity contribution < 1.29 is 13.6 Å². The third-order valence-electron chi connectivity index (χ3n) is 5.68. The quantitative estimate of drug-likeness (QED) is 0.662. The van der Waals surface area contributed by atoms with Crippen molar-refractivity contribution in [2.24, 2.45) is 17.8 Å². The van der Waals surface area contributed by atoms with Gasteiger partial charge in [0.15, 0.2) is 23.0 Å². The summed E-state index contributed by atoms with van der Waals surface area (Å²) in [7, 11) is 0. The maximum atomic E-state index is 13.9. The predicted octanol–water partition coefficient (Wildman–Crippen LogP) is 2.91. The molecule has 2 fully saturated rings. The summed E-state index contributed by atoms with van der Waals surface area (Å²) >= 11 is 5.78. The fraction of sp³-hybridized carbons (Fsp3) is 0.368. The highest BCUT2D eigenvalue weighted by Gasteiger charge is 2.55. The van der Waals surface area contributed by atoms with Gasteiger partial charge < -0.3 is 14.6 Å². The summed E-state index contributed by atoms with van der Waals surface area (Å²) in [6.45, 7) is 2.09. The first-order chi connectivity index (χ1) is 13.6. The zero-order chi connectivity index (χ0) is 19.3. The van der Waals surface area contributed by atoms with Crippen LogP contribution in [0, 0.1) is 23.6 Å². The van der Waals surface area contributed by atoms with Gasteiger partial charge in [0.25, 0.3) is 5.91 Å². The third kappa shape index (κ3) is 3.07. The molecule has 1 saturated heterocycles. The van der Waals surface area contributed by atoms with Gasteiger partial charge in [0, 0.05) is 31.2 Å². The summed E-state index contributed by atoms with van der Waals surface area (Å²) in [6.07, 6.45) is 5.26. The second-order valence-corrected chi connectivity index (χ2v) is 7.61. The molecule has 0 bridgehead atoms. The fourth-order valence-corrected chi connectivity index (χ4v) is 4.37. The van der Waals surface area contributed by atoms with Crippen molar-refractivity contribution in [1.82, 2.24) is 20.3 Å². The van der Waals surface area contributed by atoms with Crippen molar-refractivity contribution in [1.29, 1.82) is 0 Å². The number of amides is 1. The van der Waals surface area contributed by atoms with E-state index >= 15 is 0 Å². The molecule has 1 amide bonds. The number of hydrogen-bond acceptors (Lipinski definition) is 6. The number of anilines is 1. The highest BCUT2D eigenvalue weighted by molar-refractivity contribution is 6.28. The highest BCUT2D eigenvalue weighted by atomic mass is 35.5. The third-order valence-corrected chi connectivity index (χ3v) is 5.86. The number of furan rings is 1. The van der Waals surface area contributed by atoms with Crippen molar-refractivity contribution >= 4 is 34.3 Å². The Bertz CT molecular complexity index is 1010. The molecular formula is C19H17ClFN5O2. The second-order valence-electron chi connectivity index (χ2n) is 7.28. The summed E-state index contributed by atoms with van der Waals surface area (Å²) in [5, 5.41) is 3.82. The topological polar surface area (TPSA) is 84.2 Å². The first-order valence-corrected chi connectivity index (χ1v) is 9.52. The van der Waals surface area contributed by atoms with Crippen molar-refractivity contribution in [3.8, 4) is 0 Å². The fourth-order valence-electron chi connectivity index (χ4n) is 4.25. The predicted molar refractivity (Wildman–Crippen MR) is 101 cm³/mol. The van der Waals surface area contributed by atoms with Crippen molar-refractivity contribution in [2.75, 3.05) is 24.5 Å². The number of fused-ring (bicyclic) bond motifs is 2. The zero-order valence-corrected chi connectivity index (χ0v) is 15.6. The van der Waals surface area contributed by atoms with Gasteiger partial charge in [-0.3, -0.25) is 9.78 Å². The lowest BCUT2D eigenvalue weighted by atomic mass is 10.2. The number of rotatable bonds is 5. The minimum absolute atomic E-state index is 0.0533. The number of carbonyl (C=O) groups is 1. The average molecular weight is 402 g/mol. The molecular weight excluding hydrogens is 385 g/mol. The smallest absolute Gasteiger partial charge is 0.287 e. The van der Waals surface area contributed by atoms with Crippen LogP contribution in [0.1, 0.15) is 17.0 Å². The maximum absolute atomic E-state index is 13.9. The van der Waals surface area contributed by atoms with Crippen molar-refractivity contribution in [2.45, 2.75) is 6.42 Å². The Kier molecular flexibility index (Phi) is 4.16. The number of nitrogens with zero attached hydrogens (tertiary/aromatic N) is 4. The molecule has 28 heavy (non-hydrogen) atoms. The maximum Gasteiger partial charge on any atom is 0.287 e. The van der Waals surface area contributed by atoms with Crippen LogP contribution in [-0.4, -0.2) is 40.5 Å². The van der Waals surface area contributed by atoms with Gasteiger partial charge in [-0.15, -0.1) is 0 Å². The van der Waals surface area contributed by atoms with Gasteiger partial charge in [-0.05, 0) is 47.9 Å². The lowest BCUT2D eigenvalue weighted by molar-refractivity contribution is 0.0926. The molecule has 1 aliphatic carbocycles. The Morgan fingerprint density at radius 2 is 2.18 bits per heavy atom. The van der Waals surface area contributed by atoms with Gasteiger partial charge >= 0.3 is 0 Å². The van der Waals surface area contributed by atoms with E-state index in [4.69, 9.17) is 16.0 Å². The van der Waals surface area contributed by atoms with E-state index in [2.05, 4.69) is 20.3 Å². The number of carbonyl (C=O) groups excluding carboxylic acids is 1. The summed E-state index contributed by atoms with van der Waals surface area (Å²) in [5.74, 6) is 1.44. The molecule has 7 nitrogen and oxygen atoms in total. The molecule has 2 atom stereocenters.